The van der Waals surface area contributed by atoms with Crippen LogP contribution in [-0.4, -0.2) is 78.8 Å². The maximum atomic E-state index is 13.0. The monoisotopic (exact) mass is 436 g/mol. The lowest BCUT2D eigenvalue weighted by Gasteiger charge is -2.34. The molecule has 1 aromatic carbocycles. The summed E-state index contributed by atoms with van der Waals surface area (Å²) in [6.07, 6.45) is -1.49. The second-order valence-electron chi connectivity index (χ2n) is 7.72. The average Bonchev–Trinajstić information content (AvgIpc) is 3.11. The van der Waals surface area contributed by atoms with Crippen LogP contribution >= 0.6 is 0 Å². The molecule has 0 radical (unpaired) electrons. The lowest BCUT2D eigenvalue weighted by molar-refractivity contribution is -0.174. The van der Waals surface area contributed by atoms with Crippen molar-refractivity contribution in [3.8, 4) is 6.07 Å². The van der Waals surface area contributed by atoms with E-state index in [2.05, 4.69) is 20.6 Å². The van der Waals surface area contributed by atoms with Gasteiger partial charge in [0.25, 0.3) is 0 Å². The van der Waals surface area contributed by atoms with Crippen molar-refractivity contribution in [3.63, 3.8) is 0 Å². The molecule has 3 rings (SSSR count). The molecule has 0 N–H and O–H groups in total. The van der Waals surface area contributed by atoms with Crippen LogP contribution in [0.3, 0.4) is 0 Å². The van der Waals surface area contributed by atoms with Gasteiger partial charge in [-0.05, 0) is 12.5 Å². The topological polar surface area (TPSA) is 61.5 Å². The molecule has 0 unspecified atom stereocenters. The summed E-state index contributed by atoms with van der Waals surface area (Å²) in [5.41, 5.74) is 1.64. The predicted octanol–water partition coefficient (Wildman–Crippen LogP) is 3.32. The van der Waals surface area contributed by atoms with Crippen LogP contribution in [0.15, 0.2) is 30.5 Å². The normalized spacial score (nSPS) is 15.9. The van der Waals surface area contributed by atoms with E-state index in [-0.39, 0.29) is 12.4 Å². The van der Waals surface area contributed by atoms with Gasteiger partial charge in [-0.15, -0.1) is 0 Å². The molecule has 1 aliphatic heterocycles. The molecular weight excluding hydrogens is 409 g/mol. The molecule has 1 aliphatic rings. The van der Waals surface area contributed by atoms with Gasteiger partial charge < -0.3 is 14.2 Å². The third kappa shape index (κ3) is 6.79. The maximum Gasteiger partial charge on any atom is 0.411 e. The van der Waals surface area contributed by atoms with Crippen molar-refractivity contribution in [2.75, 3.05) is 52.5 Å². The third-order valence-electron chi connectivity index (χ3n) is 5.41. The number of aromatic nitrogens is 1. The van der Waals surface area contributed by atoms with Crippen LogP contribution in [0.2, 0.25) is 0 Å². The van der Waals surface area contributed by atoms with Gasteiger partial charge in [-0.2, -0.15) is 18.4 Å². The first-order valence-electron chi connectivity index (χ1n) is 10.4. The minimum Gasteiger partial charge on any atom is -0.372 e. The van der Waals surface area contributed by atoms with E-state index in [1.54, 1.807) is 0 Å². The highest BCUT2D eigenvalue weighted by Crippen LogP contribution is 2.22. The van der Waals surface area contributed by atoms with Crippen molar-refractivity contribution < 1.29 is 22.7 Å². The molecule has 0 atom stereocenters. The summed E-state index contributed by atoms with van der Waals surface area (Å²) in [7, 11) is 0. The number of alkyl halides is 3. The van der Waals surface area contributed by atoms with E-state index in [1.165, 1.54) is 0 Å². The smallest absolute Gasteiger partial charge is 0.372 e. The van der Waals surface area contributed by atoms with Gasteiger partial charge in [0.15, 0.2) is 5.78 Å². The number of nitrogens with zero attached hydrogens (tertiary/aromatic N) is 4. The van der Waals surface area contributed by atoms with Crippen molar-refractivity contribution in [3.05, 3.63) is 36.0 Å². The first kappa shape index (κ1) is 23.3. The van der Waals surface area contributed by atoms with Gasteiger partial charge in [0, 0.05) is 68.5 Å². The Morgan fingerprint density at radius 2 is 1.81 bits per heavy atom. The van der Waals surface area contributed by atoms with Crippen LogP contribution < -0.4 is 0 Å². The molecule has 31 heavy (non-hydrogen) atoms. The summed E-state index contributed by atoms with van der Waals surface area (Å²) in [6.45, 7) is 3.48. The molecule has 2 aromatic rings. The lowest BCUT2D eigenvalue weighted by atomic mass is 10.1. The molecule has 6 nitrogen and oxygen atoms in total. The molecule has 0 bridgehead atoms. The second-order valence-corrected chi connectivity index (χ2v) is 7.72. The van der Waals surface area contributed by atoms with E-state index in [0.29, 0.717) is 38.0 Å². The minimum absolute atomic E-state index is 0.0564. The van der Waals surface area contributed by atoms with Crippen LogP contribution in [0, 0.1) is 11.3 Å². The molecule has 0 aliphatic carbocycles. The molecule has 168 valence electrons. The van der Waals surface area contributed by atoms with E-state index in [4.69, 9.17) is 5.26 Å². The Bertz CT molecular complexity index is 912. The Morgan fingerprint density at radius 3 is 2.52 bits per heavy atom. The summed E-state index contributed by atoms with van der Waals surface area (Å²) in [5, 5.41) is 9.78. The van der Waals surface area contributed by atoms with Crippen molar-refractivity contribution in [1.82, 2.24) is 14.4 Å². The van der Waals surface area contributed by atoms with E-state index in [9.17, 15) is 18.0 Å². The number of Topliss-reactive ketones (excluding diaryl/α,β-unsaturated/α-hetero) is 1. The number of para-hydroxylation sites is 1. The average molecular weight is 436 g/mol. The van der Waals surface area contributed by atoms with Crippen molar-refractivity contribution in [2.45, 2.75) is 25.6 Å². The minimum atomic E-state index is -4.28. The van der Waals surface area contributed by atoms with Gasteiger partial charge in [0.1, 0.15) is 6.61 Å². The number of piperazine rings is 1. The number of aryl methyl sites for hydroxylation is 1. The van der Waals surface area contributed by atoms with Crippen molar-refractivity contribution >= 4 is 16.7 Å². The zero-order valence-corrected chi connectivity index (χ0v) is 17.4. The van der Waals surface area contributed by atoms with Crippen LogP contribution in [0.25, 0.3) is 10.9 Å². The van der Waals surface area contributed by atoms with Gasteiger partial charge in [-0.3, -0.25) is 9.69 Å². The highest BCUT2D eigenvalue weighted by atomic mass is 19.4. The Labute approximate surface area is 179 Å². The van der Waals surface area contributed by atoms with Gasteiger partial charge >= 0.3 is 6.18 Å². The molecule has 1 aromatic heterocycles. The summed E-state index contributed by atoms with van der Waals surface area (Å²) >= 11 is 0. The number of benzene rings is 1. The number of fused-ring (bicyclic) bond motifs is 1. The quantitative estimate of drug-likeness (QED) is 0.422. The SMILES string of the molecule is N#CCCn1cc(C(=O)CN2CCN(CCCOCC(F)(F)F)CC2)c2ccccc21. The van der Waals surface area contributed by atoms with Gasteiger partial charge in [-0.1, -0.05) is 18.2 Å². The van der Waals surface area contributed by atoms with E-state index < -0.39 is 12.8 Å². The molecule has 2 heterocycles. The summed E-state index contributed by atoms with van der Waals surface area (Å²) in [4.78, 5) is 17.3. The number of ether oxygens (including phenoxy) is 1. The van der Waals surface area contributed by atoms with Crippen LogP contribution in [0.4, 0.5) is 13.2 Å². The number of hydrogen-bond donors (Lipinski definition) is 0. The van der Waals surface area contributed by atoms with E-state index in [0.717, 1.165) is 37.1 Å². The molecule has 1 fully saturated rings. The highest BCUT2D eigenvalue weighted by molar-refractivity contribution is 6.09. The second kappa shape index (κ2) is 10.8. The molecule has 0 spiro atoms. The fraction of sp³-hybridized carbons (Fsp3) is 0.545. The van der Waals surface area contributed by atoms with Crippen LogP contribution in [0.5, 0.6) is 0 Å². The maximum absolute atomic E-state index is 13.0. The van der Waals surface area contributed by atoms with Gasteiger partial charge in [0.2, 0.25) is 0 Å². The number of rotatable bonds is 10. The Kier molecular flexibility index (Phi) is 8.07. The Morgan fingerprint density at radius 1 is 1.10 bits per heavy atom. The first-order chi connectivity index (χ1) is 14.9. The third-order valence-corrected chi connectivity index (χ3v) is 5.41. The van der Waals surface area contributed by atoms with Crippen LogP contribution in [-0.2, 0) is 11.3 Å². The van der Waals surface area contributed by atoms with Crippen LogP contribution in [0.1, 0.15) is 23.2 Å². The summed E-state index contributed by atoms with van der Waals surface area (Å²) < 4.78 is 42.8. The number of ketones is 1. The van der Waals surface area contributed by atoms with Crippen molar-refractivity contribution in [2.24, 2.45) is 0 Å². The number of halogens is 3. The molecule has 0 saturated carbocycles. The first-order valence-corrected chi connectivity index (χ1v) is 10.4. The highest BCUT2D eigenvalue weighted by Gasteiger charge is 2.27. The van der Waals surface area contributed by atoms with Gasteiger partial charge in [-0.25, -0.2) is 0 Å². The lowest BCUT2D eigenvalue weighted by Crippen LogP contribution is -2.48. The summed E-state index contributed by atoms with van der Waals surface area (Å²) in [5.74, 6) is 0.0564. The Balaban J connectivity index is 1.47. The molecule has 0 amide bonds. The standard InChI is InChI=1S/C22H27F3N4O2/c23-22(24,25)17-31-14-4-8-27-10-12-28(13-11-27)16-21(30)19-15-29(9-3-7-26)20-6-2-1-5-18(19)20/h1-2,5-6,15H,3-4,8-14,16-17H2. The molecule has 1 saturated heterocycles. The fourth-order valence-corrected chi connectivity index (χ4v) is 3.86. The summed E-state index contributed by atoms with van der Waals surface area (Å²) in [6, 6.07) is 9.87. The molecular formula is C22H27F3N4O2. The van der Waals surface area contributed by atoms with Crippen molar-refractivity contribution in [1.29, 1.82) is 5.26 Å². The van der Waals surface area contributed by atoms with E-state index in [1.807, 2.05) is 35.0 Å². The Hall–Kier alpha value is -2.41. The van der Waals surface area contributed by atoms with Gasteiger partial charge in [0.05, 0.1) is 19.0 Å². The number of carbonyl (C=O) groups excluding carboxylic acids is 1. The largest absolute Gasteiger partial charge is 0.411 e. The zero-order valence-electron chi connectivity index (χ0n) is 17.4. The fourth-order valence-electron chi connectivity index (χ4n) is 3.86. The molecule has 9 heteroatoms. The predicted molar refractivity (Wildman–Crippen MR) is 111 cm³/mol. The zero-order chi connectivity index (χ0) is 22.3. The number of hydrogen-bond acceptors (Lipinski definition) is 5. The van der Waals surface area contributed by atoms with E-state index >= 15 is 0 Å². The number of carbonyl (C=O) groups is 1. The number of nitriles is 1.